The fourth-order valence-electron chi connectivity index (χ4n) is 7.26. The molecule has 0 aromatic rings. The van der Waals surface area contributed by atoms with Gasteiger partial charge < -0.3 is 14.2 Å². The third kappa shape index (κ3) is 0.449. The quantitative estimate of drug-likeness (QED) is 0.611. The minimum Gasteiger partial charge on any atom is -0.469 e. The Morgan fingerprint density at radius 3 is 2.29 bits per heavy atom. The van der Waals surface area contributed by atoms with Gasteiger partial charge in [-0.3, -0.25) is 4.79 Å². The highest BCUT2D eigenvalue weighted by Gasteiger charge is 3.06. The Kier molecular flexibility index (Phi) is 0.975. The monoisotopic (exact) mass is 234 g/mol. The minimum atomic E-state index is -0.269. The molecule has 4 atom stereocenters. The summed E-state index contributed by atoms with van der Waals surface area (Å²) in [5, 5.41) is 0. The lowest BCUT2D eigenvalue weighted by atomic mass is 9.13. The van der Waals surface area contributed by atoms with Crippen molar-refractivity contribution in [2.45, 2.75) is 5.79 Å². The number of hydrogen-bond acceptors (Lipinski definition) is 4. The number of rotatable bonds is 1. The number of carbonyl (C=O) groups excluding carboxylic acids is 1. The van der Waals surface area contributed by atoms with Gasteiger partial charge in [-0.2, -0.15) is 0 Å². The summed E-state index contributed by atoms with van der Waals surface area (Å²) in [6.07, 6.45) is 0. The van der Waals surface area contributed by atoms with E-state index in [9.17, 15) is 4.79 Å². The molecule has 7 rings (SSSR count). The number of ether oxygens (including phenoxy) is 3. The van der Waals surface area contributed by atoms with Crippen molar-refractivity contribution in [2.75, 3.05) is 20.3 Å². The van der Waals surface area contributed by atoms with Crippen LogP contribution < -0.4 is 0 Å². The van der Waals surface area contributed by atoms with Crippen molar-refractivity contribution in [2.24, 2.45) is 46.8 Å². The first kappa shape index (κ1) is 8.48. The van der Waals surface area contributed by atoms with E-state index in [2.05, 4.69) is 0 Å². The predicted molar refractivity (Wildman–Crippen MR) is 53.5 cm³/mol. The number of hydrogen-bond donors (Lipinski definition) is 0. The van der Waals surface area contributed by atoms with Crippen LogP contribution in [0.3, 0.4) is 0 Å². The van der Waals surface area contributed by atoms with E-state index < -0.39 is 0 Å². The zero-order valence-corrected chi connectivity index (χ0v) is 9.59. The zero-order valence-electron chi connectivity index (χ0n) is 9.59. The standard InChI is InChI=1S/C13H14O4/c1-15-11(14)12-6-4-7-5(6)9(12)10(8(4)12)13(7)16-2-3-17-13/h4-10H,2-3H2,1H3/t4-,5-,6?,7?,8-,9-,10?,12?/m1/s1. The van der Waals surface area contributed by atoms with Gasteiger partial charge >= 0.3 is 5.97 Å². The maximum Gasteiger partial charge on any atom is 0.312 e. The first-order valence-electron chi connectivity index (χ1n) is 6.66. The van der Waals surface area contributed by atoms with E-state index >= 15 is 0 Å². The average Bonchev–Trinajstić information content (AvgIpc) is 2.85. The van der Waals surface area contributed by atoms with Crippen LogP contribution in [0.2, 0.25) is 0 Å². The normalized spacial score (nSPS) is 68.9. The van der Waals surface area contributed by atoms with Crippen LogP contribution in [0, 0.1) is 46.8 Å². The molecule has 7 aliphatic rings. The maximum atomic E-state index is 12.0. The highest BCUT2D eigenvalue weighted by atomic mass is 16.7. The Balaban J connectivity index is 1.50. The van der Waals surface area contributed by atoms with Crippen molar-refractivity contribution in [3.8, 4) is 0 Å². The first-order valence-corrected chi connectivity index (χ1v) is 6.66. The molecular weight excluding hydrogens is 220 g/mol. The third-order valence-corrected chi connectivity index (χ3v) is 7.12. The van der Waals surface area contributed by atoms with Crippen molar-refractivity contribution in [3.05, 3.63) is 0 Å². The first-order chi connectivity index (χ1) is 8.30. The molecule has 7 fully saturated rings. The van der Waals surface area contributed by atoms with Crippen LogP contribution in [-0.2, 0) is 19.0 Å². The van der Waals surface area contributed by atoms with Gasteiger partial charge in [-0.25, -0.2) is 0 Å². The lowest BCUT2D eigenvalue weighted by molar-refractivity contribution is -0.430. The fraction of sp³-hybridized carbons (Fsp3) is 0.923. The molecule has 4 heteroatoms. The number of carbonyl (C=O) groups is 1. The molecule has 1 spiro atoms. The van der Waals surface area contributed by atoms with Gasteiger partial charge in [-0.1, -0.05) is 0 Å². The summed E-state index contributed by atoms with van der Waals surface area (Å²) >= 11 is 0. The average molecular weight is 234 g/mol. The Labute approximate surface area is 98.6 Å². The van der Waals surface area contributed by atoms with Crippen LogP contribution in [0.1, 0.15) is 0 Å². The van der Waals surface area contributed by atoms with E-state index in [0.29, 0.717) is 41.4 Å². The summed E-state index contributed by atoms with van der Waals surface area (Å²) in [5.74, 6) is 4.01. The number of esters is 1. The molecule has 6 aliphatic carbocycles. The summed E-state index contributed by atoms with van der Waals surface area (Å²) in [5.41, 5.74) is -0.0793. The van der Waals surface area contributed by atoms with Gasteiger partial charge in [0.1, 0.15) is 0 Å². The molecule has 1 saturated heterocycles. The highest BCUT2D eigenvalue weighted by Crippen LogP contribution is 3.02. The van der Waals surface area contributed by atoms with Gasteiger partial charge in [0.25, 0.3) is 0 Å². The van der Waals surface area contributed by atoms with E-state index in [-0.39, 0.29) is 17.2 Å². The molecule has 6 saturated carbocycles. The van der Waals surface area contributed by atoms with Gasteiger partial charge in [-0.05, 0) is 29.6 Å². The summed E-state index contributed by atoms with van der Waals surface area (Å²) in [7, 11) is 1.53. The second kappa shape index (κ2) is 1.95. The van der Waals surface area contributed by atoms with E-state index in [1.165, 1.54) is 7.11 Å². The summed E-state index contributed by atoms with van der Waals surface area (Å²) < 4.78 is 17.0. The molecule has 90 valence electrons. The molecule has 0 N–H and O–H groups in total. The van der Waals surface area contributed by atoms with Crippen LogP contribution in [0.15, 0.2) is 0 Å². The lowest BCUT2D eigenvalue weighted by Crippen LogP contribution is -2.90. The third-order valence-electron chi connectivity index (χ3n) is 7.12. The van der Waals surface area contributed by atoms with Gasteiger partial charge in [0, 0.05) is 11.8 Å². The molecule has 0 radical (unpaired) electrons. The Morgan fingerprint density at radius 2 is 1.71 bits per heavy atom. The SMILES string of the molecule is COC(=O)C12C3[C@@H]4C5[C@@H]3[C@@H]1C([C@@H]42)C51OCCO1. The second-order valence-corrected chi connectivity index (χ2v) is 6.63. The van der Waals surface area contributed by atoms with Crippen molar-refractivity contribution >= 4 is 5.97 Å². The zero-order chi connectivity index (χ0) is 11.2. The Hall–Kier alpha value is -0.610. The molecule has 1 heterocycles. The minimum absolute atomic E-state index is 0.0507. The Bertz CT molecular complexity index is 460. The largest absolute Gasteiger partial charge is 0.469 e. The van der Waals surface area contributed by atoms with E-state index in [4.69, 9.17) is 14.2 Å². The van der Waals surface area contributed by atoms with Crippen LogP contribution in [0.5, 0.6) is 0 Å². The molecule has 0 unspecified atom stereocenters. The van der Waals surface area contributed by atoms with Gasteiger partial charge in [-0.15, -0.1) is 0 Å². The molecule has 1 aliphatic heterocycles. The predicted octanol–water partition coefficient (Wildman–Crippen LogP) is 0.270. The molecule has 2 bridgehead atoms. The van der Waals surface area contributed by atoms with Crippen molar-refractivity contribution in [1.29, 1.82) is 0 Å². The van der Waals surface area contributed by atoms with Crippen molar-refractivity contribution in [3.63, 3.8) is 0 Å². The molecule has 0 aromatic carbocycles. The molecule has 0 amide bonds. The van der Waals surface area contributed by atoms with Crippen LogP contribution >= 0.6 is 0 Å². The molecule has 0 aromatic heterocycles. The fourth-order valence-corrected chi connectivity index (χ4v) is 7.26. The van der Waals surface area contributed by atoms with Gasteiger partial charge in [0.05, 0.1) is 25.7 Å². The maximum absolute atomic E-state index is 12.0. The molecule has 4 nitrogen and oxygen atoms in total. The van der Waals surface area contributed by atoms with Crippen LogP contribution in [0.4, 0.5) is 0 Å². The van der Waals surface area contributed by atoms with Gasteiger partial charge in [0.2, 0.25) is 0 Å². The lowest BCUT2D eigenvalue weighted by Gasteiger charge is -2.88. The van der Waals surface area contributed by atoms with Gasteiger partial charge in [0.15, 0.2) is 5.79 Å². The van der Waals surface area contributed by atoms with Crippen LogP contribution in [-0.4, -0.2) is 32.1 Å². The van der Waals surface area contributed by atoms with E-state index in [1.807, 2.05) is 0 Å². The number of methoxy groups -OCH3 is 1. The Morgan fingerprint density at radius 1 is 1.06 bits per heavy atom. The van der Waals surface area contributed by atoms with E-state index in [1.54, 1.807) is 0 Å². The molecular formula is C13H14O4. The molecule has 17 heavy (non-hydrogen) atoms. The van der Waals surface area contributed by atoms with E-state index in [0.717, 1.165) is 13.2 Å². The summed E-state index contributed by atoms with van der Waals surface area (Å²) in [6.45, 7) is 1.48. The summed E-state index contributed by atoms with van der Waals surface area (Å²) in [6, 6.07) is 0. The topological polar surface area (TPSA) is 44.8 Å². The summed E-state index contributed by atoms with van der Waals surface area (Å²) in [4.78, 5) is 12.0. The van der Waals surface area contributed by atoms with Crippen molar-refractivity contribution < 1.29 is 19.0 Å². The van der Waals surface area contributed by atoms with Crippen LogP contribution in [0.25, 0.3) is 0 Å². The van der Waals surface area contributed by atoms with Crippen molar-refractivity contribution in [1.82, 2.24) is 0 Å². The highest BCUT2D eigenvalue weighted by molar-refractivity contribution is 5.86. The second-order valence-electron chi connectivity index (χ2n) is 6.63. The smallest absolute Gasteiger partial charge is 0.312 e.